The van der Waals surface area contributed by atoms with Gasteiger partial charge in [-0.1, -0.05) is 25.5 Å². The number of aromatic amines is 1. The molecule has 1 unspecified atom stereocenters. The number of benzene rings is 1. The summed E-state index contributed by atoms with van der Waals surface area (Å²) >= 11 is -1.32. The molecular weight excluding hydrogens is 390 g/mol. The van der Waals surface area contributed by atoms with Gasteiger partial charge in [0.2, 0.25) is 0 Å². The van der Waals surface area contributed by atoms with Crippen molar-refractivity contribution in [1.29, 1.82) is 0 Å². The molecule has 29 heavy (non-hydrogen) atoms. The van der Waals surface area contributed by atoms with Gasteiger partial charge < -0.3 is 18.8 Å². The van der Waals surface area contributed by atoms with Gasteiger partial charge in [-0.2, -0.15) is 4.98 Å². The van der Waals surface area contributed by atoms with Crippen LogP contribution in [0.2, 0.25) is 0 Å². The van der Waals surface area contributed by atoms with Crippen molar-refractivity contribution in [2.24, 2.45) is 0 Å². The van der Waals surface area contributed by atoms with Crippen LogP contribution in [0.4, 0.5) is 0 Å². The van der Waals surface area contributed by atoms with Crippen LogP contribution in [0.3, 0.4) is 0 Å². The Kier molecular flexibility index (Phi) is 6.34. The molecule has 3 aromatic rings. The molecule has 2 aromatic heterocycles. The molecule has 1 aliphatic heterocycles. The molecule has 0 saturated carbocycles. The van der Waals surface area contributed by atoms with Gasteiger partial charge in [-0.15, -0.1) is 0 Å². The molecule has 7 nitrogen and oxygen atoms in total. The monoisotopic (exact) mass is 415 g/mol. The zero-order valence-electron chi connectivity index (χ0n) is 16.4. The number of para-hydroxylation sites is 2. The highest BCUT2D eigenvalue weighted by Gasteiger charge is 2.35. The van der Waals surface area contributed by atoms with Gasteiger partial charge in [0.25, 0.3) is 0 Å². The second-order valence-corrected chi connectivity index (χ2v) is 8.35. The predicted octanol–water partition coefficient (Wildman–Crippen LogP) is 3.58. The van der Waals surface area contributed by atoms with E-state index >= 15 is 0 Å². The summed E-state index contributed by atoms with van der Waals surface area (Å²) in [5, 5.41) is 0.455. The minimum absolute atomic E-state index is 0.267. The Morgan fingerprint density at radius 3 is 2.83 bits per heavy atom. The standard InChI is InChI=1S/C21H25N3O4S/c1-2-8-21(27-12-13-28-21)9-11-26-17-7-10-22-16(14-17)15-29(25)20-23-18-5-3-4-6-19(18)24-20/h3-7,10,14H,2,8-9,11-13,15H2,1H3,(H,23,24). The Morgan fingerprint density at radius 2 is 2.03 bits per heavy atom. The van der Waals surface area contributed by atoms with Gasteiger partial charge in [-0.05, 0) is 18.2 Å². The van der Waals surface area contributed by atoms with Crippen LogP contribution in [0.25, 0.3) is 11.0 Å². The molecule has 8 heteroatoms. The van der Waals surface area contributed by atoms with E-state index in [-0.39, 0.29) is 5.75 Å². The normalized spacial score (nSPS) is 16.9. The van der Waals surface area contributed by atoms with Crippen LogP contribution in [0.1, 0.15) is 31.9 Å². The Hall–Kier alpha value is -2.13. The van der Waals surface area contributed by atoms with E-state index in [4.69, 9.17) is 14.2 Å². The van der Waals surface area contributed by atoms with Crippen LogP contribution < -0.4 is 4.74 Å². The first kappa shape index (κ1) is 20.2. The number of aromatic nitrogens is 3. The molecule has 3 heterocycles. The molecule has 0 spiro atoms. The Morgan fingerprint density at radius 1 is 1.21 bits per heavy atom. The van der Waals surface area contributed by atoms with Gasteiger partial charge in [0.15, 0.2) is 11.5 Å². The number of rotatable bonds is 9. The van der Waals surface area contributed by atoms with Gasteiger partial charge in [0.05, 0.1) is 36.5 Å². The molecule has 4 rings (SSSR count). The zero-order chi connectivity index (χ0) is 20.1. The van der Waals surface area contributed by atoms with Crippen LogP contribution in [0.5, 0.6) is 5.75 Å². The van der Waals surface area contributed by atoms with E-state index in [0.717, 1.165) is 23.9 Å². The maximum absolute atomic E-state index is 12.7. The molecule has 0 radical (unpaired) electrons. The van der Waals surface area contributed by atoms with E-state index in [2.05, 4.69) is 21.9 Å². The van der Waals surface area contributed by atoms with Gasteiger partial charge in [-0.25, -0.2) is 0 Å². The predicted molar refractivity (Wildman–Crippen MR) is 110 cm³/mol. The van der Waals surface area contributed by atoms with Crippen molar-refractivity contribution in [3.63, 3.8) is 0 Å². The first-order valence-electron chi connectivity index (χ1n) is 9.86. The van der Waals surface area contributed by atoms with Crippen molar-refractivity contribution in [3.8, 4) is 5.75 Å². The lowest BCUT2D eigenvalue weighted by molar-refractivity contribution is -0.170. The minimum atomic E-state index is -1.32. The fourth-order valence-corrected chi connectivity index (χ4v) is 4.47. The third-order valence-electron chi connectivity index (χ3n) is 4.85. The Bertz CT molecular complexity index is 909. The molecule has 0 bridgehead atoms. The SMILES string of the molecule is CCCC1(CCOc2ccnc(C[S+]([O-])c3nc4ccccc4[nH]3)c2)OCCO1. The summed E-state index contributed by atoms with van der Waals surface area (Å²) in [4.78, 5) is 11.8. The van der Waals surface area contributed by atoms with Crippen molar-refractivity contribution >= 4 is 22.2 Å². The van der Waals surface area contributed by atoms with Crippen molar-refractivity contribution in [2.75, 3.05) is 19.8 Å². The lowest BCUT2D eigenvalue weighted by Gasteiger charge is -2.26. The number of fused-ring (bicyclic) bond motifs is 1. The van der Waals surface area contributed by atoms with Crippen molar-refractivity contribution in [2.45, 2.75) is 42.9 Å². The van der Waals surface area contributed by atoms with Crippen LogP contribution in [-0.2, 0) is 26.4 Å². The summed E-state index contributed by atoms with van der Waals surface area (Å²) in [7, 11) is 0. The lowest BCUT2D eigenvalue weighted by atomic mass is 10.1. The molecule has 0 amide bonds. The molecular formula is C21H25N3O4S. The summed E-state index contributed by atoms with van der Waals surface area (Å²) in [6, 6.07) is 11.3. The number of ether oxygens (including phenoxy) is 3. The largest absolute Gasteiger partial charge is 0.609 e. The number of nitrogens with one attached hydrogen (secondary N) is 1. The highest BCUT2D eigenvalue weighted by molar-refractivity contribution is 7.90. The summed E-state index contributed by atoms with van der Waals surface area (Å²) in [6.45, 7) is 3.86. The highest BCUT2D eigenvalue weighted by atomic mass is 32.2. The smallest absolute Gasteiger partial charge is 0.322 e. The second kappa shape index (κ2) is 9.13. The van der Waals surface area contributed by atoms with E-state index in [1.54, 1.807) is 12.3 Å². The fraction of sp³-hybridized carbons (Fsp3) is 0.429. The van der Waals surface area contributed by atoms with Crippen LogP contribution >= 0.6 is 0 Å². The average Bonchev–Trinajstić information content (AvgIpc) is 3.36. The summed E-state index contributed by atoms with van der Waals surface area (Å²) < 4.78 is 30.2. The van der Waals surface area contributed by atoms with Gasteiger partial charge in [0.1, 0.15) is 5.75 Å². The average molecular weight is 416 g/mol. The van der Waals surface area contributed by atoms with E-state index in [1.165, 1.54) is 0 Å². The van der Waals surface area contributed by atoms with Crippen LogP contribution in [-0.4, -0.2) is 45.1 Å². The first-order chi connectivity index (χ1) is 14.2. The zero-order valence-corrected chi connectivity index (χ0v) is 17.2. The third kappa shape index (κ3) is 4.90. The van der Waals surface area contributed by atoms with Gasteiger partial charge in [0, 0.05) is 36.3 Å². The minimum Gasteiger partial charge on any atom is -0.609 e. The van der Waals surface area contributed by atoms with Crippen molar-refractivity contribution < 1.29 is 18.8 Å². The number of hydrogen-bond donors (Lipinski definition) is 1. The molecule has 1 atom stereocenters. The van der Waals surface area contributed by atoms with Gasteiger partial charge >= 0.3 is 5.16 Å². The fourth-order valence-electron chi connectivity index (χ4n) is 3.48. The highest BCUT2D eigenvalue weighted by Crippen LogP contribution is 2.29. The van der Waals surface area contributed by atoms with E-state index in [0.29, 0.717) is 42.8 Å². The van der Waals surface area contributed by atoms with Crippen molar-refractivity contribution in [1.82, 2.24) is 15.0 Å². The van der Waals surface area contributed by atoms with Gasteiger partial charge in [-0.3, -0.25) is 9.97 Å². The Balaban J connectivity index is 1.35. The van der Waals surface area contributed by atoms with E-state index < -0.39 is 17.0 Å². The lowest BCUT2D eigenvalue weighted by Crippen LogP contribution is -2.32. The number of hydrogen-bond acceptors (Lipinski definition) is 6. The van der Waals surface area contributed by atoms with E-state index in [9.17, 15) is 4.55 Å². The van der Waals surface area contributed by atoms with Crippen LogP contribution in [0, 0.1) is 0 Å². The second-order valence-electron chi connectivity index (χ2n) is 6.99. The molecule has 1 aromatic carbocycles. The number of H-pyrrole nitrogens is 1. The molecule has 154 valence electrons. The molecule has 1 N–H and O–H groups in total. The molecule has 0 aliphatic carbocycles. The van der Waals surface area contributed by atoms with Crippen LogP contribution in [0.15, 0.2) is 47.8 Å². The molecule has 1 fully saturated rings. The number of nitrogens with zero attached hydrogens (tertiary/aromatic N) is 2. The number of imidazole rings is 1. The summed E-state index contributed by atoms with van der Waals surface area (Å²) in [6.07, 6.45) is 4.19. The third-order valence-corrected chi connectivity index (χ3v) is 6.03. The molecule has 1 saturated heterocycles. The van der Waals surface area contributed by atoms with E-state index in [1.807, 2.05) is 30.3 Å². The maximum Gasteiger partial charge on any atom is 0.322 e. The molecule has 1 aliphatic rings. The quantitative estimate of drug-likeness (QED) is 0.537. The van der Waals surface area contributed by atoms with Crippen molar-refractivity contribution in [3.05, 3.63) is 48.3 Å². The topological polar surface area (TPSA) is 92.3 Å². The number of pyridine rings is 1. The first-order valence-corrected chi connectivity index (χ1v) is 11.2. The maximum atomic E-state index is 12.7. The summed E-state index contributed by atoms with van der Waals surface area (Å²) in [5.41, 5.74) is 2.37. The summed E-state index contributed by atoms with van der Waals surface area (Å²) in [5.74, 6) is 0.442. The Labute approximate surface area is 173 Å².